The van der Waals surface area contributed by atoms with Gasteiger partial charge in [0.15, 0.2) is 0 Å². The molecule has 6 N–H and O–H groups in total. The lowest BCUT2D eigenvalue weighted by atomic mass is 10.0. The van der Waals surface area contributed by atoms with Crippen molar-refractivity contribution in [2.24, 2.45) is 0 Å². The molecule has 1 fully saturated rings. The van der Waals surface area contributed by atoms with Gasteiger partial charge in [0.2, 0.25) is 17.7 Å². The fourth-order valence-corrected chi connectivity index (χ4v) is 4.98. The summed E-state index contributed by atoms with van der Waals surface area (Å²) in [6.07, 6.45) is 0.441. The van der Waals surface area contributed by atoms with E-state index in [1.165, 1.54) is 12.0 Å². The molecule has 1 unspecified atom stereocenters. The third-order valence-corrected chi connectivity index (χ3v) is 7.34. The van der Waals surface area contributed by atoms with Crippen LogP contribution in [0.4, 0.5) is 11.4 Å². The lowest BCUT2D eigenvalue weighted by molar-refractivity contribution is -0.137. The molecule has 0 radical (unpaired) electrons. The molecule has 4 rings (SSSR count). The Bertz CT molecular complexity index is 1420. The number of hydrogen-bond donors (Lipinski definition) is 5. The Morgan fingerprint density at radius 2 is 1.70 bits per heavy atom. The van der Waals surface area contributed by atoms with Gasteiger partial charge >= 0.3 is 0 Å². The molecule has 0 aliphatic carbocycles. The number of nitrogens with two attached hydrogens (primary N) is 1. The van der Waals surface area contributed by atoms with E-state index in [9.17, 15) is 24.0 Å². The predicted octanol–water partition coefficient (Wildman–Crippen LogP) is 0.0463. The molecular formula is C31H40N6O9. The highest BCUT2D eigenvalue weighted by Gasteiger charge is 2.39. The van der Waals surface area contributed by atoms with Crippen molar-refractivity contribution in [3.8, 4) is 5.75 Å². The van der Waals surface area contributed by atoms with E-state index in [0.29, 0.717) is 86.5 Å². The van der Waals surface area contributed by atoms with Gasteiger partial charge in [0, 0.05) is 48.4 Å². The first-order valence-corrected chi connectivity index (χ1v) is 15.0. The van der Waals surface area contributed by atoms with Crippen molar-refractivity contribution in [1.29, 1.82) is 0 Å². The molecule has 1 atom stereocenters. The number of fused-ring (bicyclic) bond motifs is 1. The van der Waals surface area contributed by atoms with E-state index in [1.807, 2.05) is 0 Å². The Kier molecular flexibility index (Phi) is 12.8. The molecule has 5 amide bonds. The van der Waals surface area contributed by atoms with Gasteiger partial charge in [-0.3, -0.25) is 29.3 Å². The van der Waals surface area contributed by atoms with Crippen LogP contribution in [-0.4, -0.2) is 107 Å². The Morgan fingerprint density at radius 3 is 2.41 bits per heavy atom. The van der Waals surface area contributed by atoms with E-state index >= 15 is 0 Å². The number of nitrogens with zero attached hydrogens (tertiary/aromatic N) is 1. The van der Waals surface area contributed by atoms with Gasteiger partial charge in [-0.2, -0.15) is 0 Å². The van der Waals surface area contributed by atoms with Gasteiger partial charge < -0.3 is 45.5 Å². The summed E-state index contributed by atoms with van der Waals surface area (Å²) in [6.45, 7) is 3.23. The second-order valence-electron chi connectivity index (χ2n) is 10.5. The number of anilines is 2. The van der Waals surface area contributed by atoms with Crippen molar-refractivity contribution in [2.45, 2.75) is 25.4 Å². The van der Waals surface area contributed by atoms with Crippen LogP contribution in [0.1, 0.15) is 39.1 Å². The second-order valence-corrected chi connectivity index (χ2v) is 10.5. The zero-order chi connectivity index (χ0) is 32.9. The van der Waals surface area contributed by atoms with Crippen LogP contribution in [0.3, 0.4) is 0 Å². The van der Waals surface area contributed by atoms with Crippen molar-refractivity contribution >= 4 is 40.9 Å². The molecule has 2 aromatic rings. The van der Waals surface area contributed by atoms with Gasteiger partial charge in [0.25, 0.3) is 11.8 Å². The number of hydrogen-bond acceptors (Lipinski definition) is 11. The normalized spacial score (nSPS) is 15.8. The molecular weight excluding hydrogens is 600 g/mol. The van der Waals surface area contributed by atoms with Crippen LogP contribution in [0, 0.1) is 0 Å². The first kappa shape index (κ1) is 34.3. The van der Waals surface area contributed by atoms with Crippen LogP contribution >= 0.6 is 0 Å². The van der Waals surface area contributed by atoms with Gasteiger partial charge in [-0.25, -0.2) is 0 Å². The summed E-state index contributed by atoms with van der Waals surface area (Å²) in [4.78, 5) is 62.9. The van der Waals surface area contributed by atoms with Crippen LogP contribution in [0.2, 0.25) is 0 Å². The smallest absolute Gasteiger partial charge is 0.255 e. The third kappa shape index (κ3) is 9.47. The first-order chi connectivity index (χ1) is 22.3. The summed E-state index contributed by atoms with van der Waals surface area (Å²) < 4.78 is 21.6. The van der Waals surface area contributed by atoms with Gasteiger partial charge in [0.05, 0.1) is 59.0 Å². The van der Waals surface area contributed by atoms with Crippen molar-refractivity contribution in [3.05, 3.63) is 53.1 Å². The maximum absolute atomic E-state index is 12.9. The lowest BCUT2D eigenvalue weighted by Crippen LogP contribution is -2.52. The molecule has 0 aromatic heterocycles. The number of piperidine rings is 1. The Hall–Kier alpha value is -4.57. The Morgan fingerprint density at radius 1 is 0.978 bits per heavy atom. The molecule has 15 nitrogen and oxygen atoms in total. The first-order valence-electron chi connectivity index (χ1n) is 15.0. The lowest BCUT2D eigenvalue weighted by Gasteiger charge is -2.29. The summed E-state index contributed by atoms with van der Waals surface area (Å²) in [5.74, 6) is -1.22. The molecule has 2 aliphatic rings. The molecule has 1 saturated heterocycles. The molecule has 0 bridgehead atoms. The minimum Gasteiger partial charge on any atom is -0.495 e. The molecule has 2 aliphatic heterocycles. The van der Waals surface area contributed by atoms with Crippen LogP contribution < -0.4 is 31.7 Å². The van der Waals surface area contributed by atoms with Crippen LogP contribution in [0.5, 0.6) is 5.75 Å². The minimum absolute atomic E-state index is 0.0420. The fourth-order valence-electron chi connectivity index (χ4n) is 4.98. The number of carbonyl (C=O) groups is 5. The maximum atomic E-state index is 12.9. The summed E-state index contributed by atoms with van der Waals surface area (Å²) in [6, 6.07) is 9.16. The van der Waals surface area contributed by atoms with E-state index in [-0.39, 0.29) is 49.6 Å². The van der Waals surface area contributed by atoms with Crippen molar-refractivity contribution in [3.63, 3.8) is 0 Å². The number of carbonyl (C=O) groups excluding carboxylic acids is 5. The Labute approximate surface area is 266 Å². The quantitative estimate of drug-likeness (QED) is 0.0838. The van der Waals surface area contributed by atoms with Gasteiger partial charge in [-0.1, -0.05) is 6.07 Å². The number of rotatable bonds is 18. The standard InChI is InChI=1S/C31H40N6O9/c1-43-26-17-20(5-6-23(26)32)29(40)34-10-12-45-14-16-46-15-13-44-11-9-33-18-28(39)35-24-4-2-3-21-22(24)19-37(31(21)42)25-7-8-27(38)36-30(25)41/h2-6,17,25,33H,7-16,18-19,32H2,1H3,(H,34,40)(H,35,39)(H,36,38,41). The Balaban J connectivity index is 1.00. The summed E-state index contributed by atoms with van der Waals surface area (Å²) in [5, 5.41) is 10.9. The average molecular weight is 641 g/mol. The highest BCUT2D eigenvalue weighted by molar-refractivity contribution is 6.07. The monoisotopic (exact) mass is 640 g/mol. The van der Waals surface area contributed by atoms with E-state index in [0.717, 1.165) is 0 Å². The summed E-state index contributed by atoms with van der Waals surface area (Å²) in [7, 11) is 1.49. The number of benzene rings is 2. The fraction of sp³-hybridized carbons (Fsp3) is 0.452. The van der Waals surface area contributed by atoms with Crippen molar-refractivity contribution < 1.29 is 42.9 Å². The number of amides is 5. The maximum Gasteiger partial charge on any atom is 0.255 e. The molecule has 2 heterocycles. The topological polar surface area (TPSA) is 200 Å². The van der Waals surface area contributed by atoms with Crippen molar-refractivity contribution in [1.82, 2.24) is 20.9 Å². The second kappa shape index (κ2) is 17.2. The summed E-state index contributed by atoms with van der Waals surface area (Å²) in [5.41, 5.74) is 8.25. The molecule has 0 saturated carbocycles. The van der Waals surface area contributed by atoms with Crippen LogP contribution in [0.15, 0.2) is 36.4 Å². The van der Waals surface area contributed by atoms with Crippen LogP contribution in [0.25, 0.3) is 0 Å². The highest BCUT2D eigenvalue weighted by Crippen LogP contribution is 2.32. The van der Waals surface area contributed by atoms with Gasteiger partial charge in [-0.05, 0) is 36.8 Å². The van der Waals surface area contributed by atoms with Crippen molar-refractivity contribution in [2.75, 3.05) is 77.4 Å². The number of nitrogens with one attached hydrogen (secondary N) is 4. The van der Waals surface area contributed by atoms with E-state index in [1.54, 1.807) is 36.4 Å². The van der Waals surface area contributed by atoms with E-state index in [2.05, 4.69) is 21.3 Å². The largest absolute Gasteiger partial charge is 0.495 e. The number of ether oxygens (including phenoxy) is 4. The van der Waals surface area contributed by atoms with Gasteiger partial charge in [0.1, 0.15) is 11.8 Å². The minimum atomic E-state index is -0.722. The predicted molar refractivity (Wildman–Crippen MR) is 166 cm³/mol. The molecule has 15 heteroatoms. The molecule has 248 valence electrons. The van der Waals surface area contributed by atoms with E-state index < -0.39 is 11.9 Å². The zero-order valence-electron chi connectivity index (χ0n) is 25.7. The molecule has 0 spiro atoms. The van der Waals surface area contributed by atoms with Gasteiger partial charge in [-0.15, -0.1) is 0 Å². The average Bonchev–Trinajstić information content (AvgIpc) is 3.38. The number of imide groups is 1. The van der Waals surface area contributed by atoms with Crippen LogP contribution in [-0.2, 0) is 35.1 Å². The highest BCUT2D eigenvalue weighted by atomic mass is 16.5. The molecule has 46 heavy (non-hydrogen) atoms. The SMILES string of the molecule is COc1cc(C(=O)NCCOCCOCCOCCNCC(=O)Nc2cccc3c2CN(C2CCC(=O)NC2=O)C3=O)ccc1N. The van der Waals surface area contributed by atoms with E-state index in [4.69, 9.17) is 24.7 Å². The zero-order valence-corrected chi connectivity index (χ0v) is 25.7. The number of nitrogen functional groups attached to an aromatic ring is 1. The molecule has 2 aromatic carbocycles. The summed E-state index contributed by atoms with van der Waals surface area (Å²) >= 11 is 0. The third-order valence-electron chi connectivity index (χ3n) is 7.34. The number of methoxy groups -OCH3 is 1.